The van der Waals surface area contributed by atoms with Crippen molar-refractivity contribution in [1.82, 2.24) is 9.80 Å². The van der Waals surface area contributed by atoms with Crippen molar-refractivity contribution in [2.45, 2.75) is 3.73 Å². The predicted molar refractivity (Wildman–Crippen MR) is 49.2 cm³/mol. The summed E-state index contributed by atoms with van der Waals surface area (Å²) in [4.78, 5) is 14.2. The summed E-state index contributed by atoms with van der Waals surface area (Å²) in [6.07, 6.45) is 0. The van der Waals surface area contributed by atoms with Gasteiger partial charge in [0.2, 0.25) is 5.91 Å². The Labute approximate surface area is 79.3 Å². The van der Waals surface area contributed by atoms with Crippen LogP contribution in [0.3, 0.4) is 0 Å². The first kappa shape index (κ1) is 9.21. The summed E-state index contributed by atoms with van der Waals surface area (Å²) in [6.45, 7) is 0.652. The summed E-state index contributed by atoms with van der Waals surface area (Å²) in [5.41, 5.74) is 0. The molecule has 64 valence electrons. The number of piperazine rings is 1. The van der Waals surface area contributed by atoms with E-state index in [-0.39, 0.29) is 12.5 Å². The third kappa shape index (κ3) is 1.83. The van der Waals surface area contributed by atoms with Crippen molar-refractivity contribution < 1.29 is 9.90 Å². The SMILES string of the molecule is CN1CC(O)(I)N(C)CC1=O. The van der Waals surface area contributed by atoms with Gasteiger partial charge < -0.3 is 10.0 Å². The smallest absolute Gasteiger partial charge is 0.236 e. The fraction of sp³-hybridized carbons (Fsp3) is 0.833. The van der Waals surface area contributed by atoms with E-state index in [9.17, 15) is 9.90 Å². The largest absolute Gasteiger partial charge is 0.365 e. The number of likely N-dealkylation sites (N-methyl/N-ethyl adjacent to an activating group) is 2. The molecule has 4 nitrogen and oxygen atoms in total. The summed E-state index contributed by atoms with van der Waals surface area (Å²) in [5, 5.41) is 9.65. The van der Waals surface area contributed by atoms with Gasteiger partial charge in [0.25, 0.3) is 0 Å². The highest BCUT2D eigenvalue weighted by atomic mass is 127. The molecule has 1 fully saturated rings. The molecule has 1 atom stereocenters. The number of alkyl halides is 1. The third-order valence-electron chi connectivity index (χ3n) is 1.82. The number of rotatable bonds is 0. The molecule has 1 aliphatic rings. The van der Waals surface area contributed by atoms with E-state index in [0.717, 1.165) is 0 Å². The van der Waals surface area contributed by atoms with Crippen molar-refractivity contribution in [2.75, 3.05) is 27.2 Å². The summed E-state index contributed by atoms with van der Waals surface area (Å²) in [6, 6.07) is 0. The van der Waals surface area contributed by atoms with Gasteiger partial charge >= 0.3 is 0 Å². The summed E-state index contributed by atoms with van der Waals surface area (Å²) >= 11 is 1.93. The van der Waals surface area contributed by atoms with E-state index < -0.39 is 3.73 Å². The van der Waals surface area contributed by atoms with Crippen LogP contribution in [0.4, 0.5) is 0 Å². The maximum Gasteiger partial charge on any atom is 0.236 e. The molecule has 0 aliphatic carbocycles. The van der Waals surface area contributed by atoms with Crippen LogP contribution < -0.4 is 0 Å². The molecule has 1 N–H and O–H groups in total. The lowest BCUT2D eigenvalue weighted by molar-refractivity contribution is -0.145. The second-order valence-electron chi connectivity index (χ2n) is 2.82. The average Bonchev–Trinajstić information content (AvgIpc) is 1.83. The van der Waals surface area contributed by atoms with E-state index in [1.165, 1.54) is 4.90 Å². The Morgan fingerprint density at radius 1 is 1.64 bits per heavy atom. The molecule has 0 bridgehead atoms. The van der Waals surface area contributed by atoms with Gasteiger partial charge in [-0.05, 0) is 29.6 Å². The molecule has 1 unspecified atom stereocenters. The number of amides is 1. The van der Waals surface area contributed by atoms with Gasteiger partial charge in [-0.15, -0.1) is 0 Å². The monoisotopic (exact) mass is 270 g/mol. The fourth-order valence-electron chi connectivity index (χ4n) is 0.955. The lowest BCUT2D eigenvalue weighted by Gasteiger charge is -2.40. The topological polar surface area (TPSA) is 43.8 Å². The molecular weight excluding hydrogens is 259 g/mol. The predicted octanol–water partition coefficient (Wildman–Crippen LogP) is -0.529. The molecule has 1 amide bonds. The lowest BCUT2D eigenvalue weighted by Crippen LogP contribution is -2.58. The molecule has 1 heterocycles. The number of halogens is 1. The summed E-state index contributed by atoms with van der Waals surface area (Å²) < 4.78 is -0.902. The molecular formula is C6H11IN2O2. The minimum absolute atomic E-state index is 0.0499. The Balaban J connectivity index is 2.70. The molecule has 0 aromatic heterocycles. The highest BCUT2D eigenvalue weighted by Gasteiger charge is 2.37. The fourth-order valence-corrected chi connectivity index (χ4v) is 1.64. The van der Waals surface area contributed by atoms with Crippen LogP contribution in [0, 0.1) is 0 Å². The van der Waals surface area contributed by atoms with E-state index in [1.807, 2.05) is 22.6 Å². The minimum atomic E-state index is -0.902. The Bertz CT molecular complexity index is 183. The molecule has 0 aromatic rings. The first-order valence-corrected chi connectivity index (χ1v) is 4.38. The van der Waals surface area contributed by atoms with E-state index >= 15 is 0 Å². The van der Waals surface area contributed by atoms with Crippen LogP contribution in [0.25, 0.3) is 0 Å². The van der Waals surface area contributed by atoms with Gasteiger partial charge in [0.1, 0.15) is 0 Å². The standard InChI is InChI=1S/C6H11IN2O2/c1-8-4-6(7,11)9(2)3-5(8)10/h11H,3-4H2,1-2H3. The number of β-amino-alcohol motifs (C(OH)–C–C–N with tert-alkyl or cyclic N) is 1. The maximum atomic E-state index is 11.1. The molecule has 0 radical (unpaired) electrons. The first-order chi connectivity index (χ1) is 4.93. The van der Waals surface area contributed by atoms with E-state index in [2.05, 4.69) is 0 Å². The van der Waals surface area contributed by atoms with Gasteiger partial charge in [0.05, 0.1) is 13.1 Å². The van der Waals surface area contributed by atoms with Gasteiger partial charge in [-0.25, -0.2) is 0 Å². The van der Waals surface area contributed by atoms with Crippen molar-refractivity contribution >= 4 is 28.5 Å². The van der Waals surface area contributed by atoms with E-state index in [0.29, 0.717) is 6.54 Å². The number of hydrogen-bond donors (Lipinski definition) is 1. The number of aliphatic hydroxyl groups is 1. The van der Waals surface area contributed by atoms with Crippen LogP contribution in [0.2, 0.25) is 0 Å². The molecule has 5 heteroatoms. The van der Waals surface area contributed by atoms with E-state index in [1.54, 1.807) is 19.0 Å². The van der Waals surface area contributed by atoms with Crippen LogP contribution in [0.5, 0.6) is 0 Å². The molecule has 0 spiro atoms. The molecule has 1 saturated heterocycles. The molecule has 1 rings (SSSR count). The molecule has 0 aromatic carbocycles. The van der Waals surface area contributed by atoms with Gasteiger partial charge in [-0.3, -0.25) is 9.69 Å². The van der Waals surface area contributed by atoms with Crippen molar-refractivity contribution in [3.8, 4) is 0 Å². The number of carbonyl (C=O) groups excluding carboxylic acids is 1. The highest BCUT2D eigenvalue weighted by molar-refractivity contribution is 14.1. The quantitative estimate of drug-likeness (QED) is 0.365. The van der Waals surface area contributed by atoms with Gasteiger partial charge in [0.15, 0.2) is 3.73 Å². The van der Waals surface area contributed by atoms with Crippen molar-refractivity contribution in [2.24, 2.45) is 0 Å². The first-order valence-electron chi connectivity index (χ1n) is 3.30. The van der Waals surface area contributed by atoms with Crippen molar-refractivity contribution in [3.63, 3.8) is 0 Å². The van der Waals surface area contributed by atoms with Crippen LogP contribution in [-0.4, -0.2) is 51.7 Å². The maximum absolute atomic E-state index is 11.1. The highest BCUT2D eigenvalue weighted by Crippen LogP contribution is 2.23. The van der Waals surface area contributed by atoms with Gasteiger partial charge in [-0.2, -0.15) is 0 Å². The minimum Gasteiger partial charge on any atom is -0.365 e. The van der Waals surface area contributed by atoms with Crippen LogP contribution >= 0.6 is 22.6 Å². The Hall–Kier alpha value is 0.120. The zero-order valence-electron chi connectivity index (χ0n) is 6.54. The lowest BCUT2D eigenvalue weighted by atomic mass is 10.3. The Morgan fingerprint density at radius 3 is 2.64 bits per heavy atom. The second-order valence-corrected chi connectivity index (χ2v) is 4.55. The van der Waals surface area contributed by atoms with Crippen LogP contribution in [0.15, 0.2) is 0 Å². The summed E-state index contributed by atoms with van der Waals surface area (Å²) in [7, 11) is 3.43. The van der Waals surface area contributed by atoms with Crippen molar-refractivity contribution in [1.29, 1.82) is 0 Å². The molecule has 11 heavy (non-hydrogen) atoms. The van der Waals surface area contributed by atoms with Crippen LogP contribution in [-0.2, 0) is 4.79 Å². The third-order valence-corrected chi connectivity index (χ3v) is 2.99. The van der Waals surface area contributed by atoms with Gasteiger partial charge in [-0.1, -0.05) is 0 Å². The van der Waals surface area contributed by atoms with Crippen molar-refractivity contribution in [3.05, 3.63) is 0 Å². The average molecular weight is 270 g/mol. The zero-order chi connectivity index (χ0) is 8.65. The number of carbonyl (C=O) groups is 1. The van der Waals surface area contributed by atoms with E-state index in [4.69, 9.17) is 0 Å². The number of hydrogen-bond acceptors (Lipinski definition) is 3. The van der Waals surface area contributed by atoms with Gasteiger partial charge in [0, 0.05) is 7.05 Å². The molecule has 0 saturated carbocycles. The normalized spacial score (nSPS) is 34.5. The Kier molecular flexibility index (Phi) is 2.40. The number of nitrogens with zero attached hydrogens (tertiary/aromatic N) is 2. The van der Waals surface area contributed by atoms with Crippen LogP contribution in [0.1, 0.15) is 0 Å². The summed E-state index contributed by atoms with van der Waals surface area (Å²) in [5.74, 6) is 0.0499. The Morgan fingerprint density at radius 2 is 2.18 bits per heavy atom. The molecule has 1 aliphatic heterocycles. The zero-order valence-corrected chi connectivity index (χ0v) is 8.70. The second kappa shape index (κ2) is 2.87.